The molecule has 0 aromatic carbocycles. The number of aryl methyl sites for hydroxylation is 1. The fraction of sp³-hybridized carbons (Fsp3) is 0.588. The standard InChI is InChI=1S/C17H27N7O/c1-12-5-7-23(11-12)8-6-18-17(25)20-14-10-16(22(3)4)24-15(19-14)9-13(2)21-24/h9-10,12H,5-8,11H2,1-4H3,(H2,18,19,20,25). The Kier molecular flexibility index (Phi) is 5.08. The Morgan fingerprint density at radius 2 is 2.20 bits per heavy atom. The van der Waals surface area contributed by atoms with E-state index in [9.17, 15) is 4.79 Å². The second kappa shape index (κ2) is 7.26. The summed E-state index contributed by atoms with van der Waals surface area (Å²) in [7, 11) is 3.87. The molecule has 1 fully saturated rings. The number of carbonyl (C=O) groups is 1. The van der Waals surface area contributed by atoms with Crippen LogP contribution in [0.2, 0.25) is 0 Å². The zero-order chi connectivity index (χ0) is 18.0. The first-order chi connectivity index (χ1) is 11.9. The molecule has 3 rings (SSSR count). The molecule has 1 unspecified atom stereocenters. The second-order valence-corrected chi connectivity index (χ2v) is 7.03. The van der Waals surface area contributed by atoms with Gasteiger partial charge < -0.3 is 15.1 Å². The van der Waals surface area contributed by atoms with Gasteiger partial charge in [0, 0.05) is 45.9 Å². The molecule has 1 atom stereocenters. The minimum Gasteiger partial charge on any atom is -0.363 e. The number of urea groups is 1. The van der Waals surface area contributed by atoms with Crippen LogP contribution in [0.1, 0.15) is 19.0 Å². The van der Waals surface area contributed by atoms with Gasteiger partial charge in [0.25, 0.3) is 0 Å². The van der Waals surface area contributed by atoms with E-state index >= 15 is 0 Å². The van der Waals surface area contributed by atoms with E-state index in [0.717, 1.165) is 37.1 Å². The maximum absolute atomic E-state index is 12.2. The lowest BCUT2D eigenvalue weighted by atomic mass is 10.2. The summed E-state index contributed by atoms with van der Waals surface area (Å²) >= 11 is 0. The molecular formula is C17H27N7O. The molecule has 25 heavy (non-hydrogen) atoms. The Morgan fingerprint density at radius 3 is 2.88 bits per heavy atom. The fourth-order valence-corrected chi connectivity index (χ4v) is 3.17. The highest BCUT2D eigenvalue weighted by Crippen LogP contribution is 2.19. The van der Waals surface area contributed by atoms with Gasteiger partial charge in [-0.2, -0.15) is 9.61 Å². The van der Waals surface area contributed by atoms with Crippen LogP contribution in [-0.2, 0) is 0 Å². The molecule has 136 valence electrons. The Balaban J connectivity index is 1.60. The number of likely N-dealkylation sites (tertiary alicyclic amines) is 1. The average molecular weight is 345 g/mol. The number of aromatic nitrogens is 3. The maximum atomic E-state index is 12.2. The number of fused-ring (bicyclic) bond motifs is 1. The molecule has 0 radical (unpaired) electrons. The average Bonchev–Trinajstić information content (AvgIpc) is 3.11. The molecule has 2 N–H and O–H groups in total. The maximum Gasteiger partial charge on any atom is 0.320 e. The van der Waals surface area contributed by atoms with Crippen molar-refractivity contribution < 1.29 is 4.79 Å². The summed E-state index contributed by atoms with van der Waals surface area (Å²) in [6, 6.07) is 3.48. The van der Waals surface area contributed by atoms with Crippen LogP contribution in [0.5, 0.6) is 0 Å². The summed E-state index contributed by atoms with van der Waals surface area (Å²) in [5.41, 5.74) is 1.60. The van der Waals surface area contributed by atoms with Crippen molar-refractivity contribution >= 4 is 23.3 Å². The van der Waals surface area contributed by atoms with Crippen molar-refractivity contribution in [2.45, 2.75) is 20.3 Å². The van der Waals surface area contributed by atoms with Crippen LogP contribution >= 0.6 is 0 Å². The Hall–Kier alpha value is -2.35. The van der Waals surface area contributed by atoms with Gasteiger partial charge in [-0.3, -0.25) is 5.32 Å². The summed E-state index contributed by atoms with van der Waals surface area (Å²) in [5.74, 6) is 2.14. The van der Waals surface area contributed by atoms with Crippen LogP contribution < -0.4 is 15.5 Å². The van der Waals surface area contributed by atoms with Gasteiger partial charge in [0.05, 0.1) is 5.69 Å². The predicted octanol–water partition coefficient (Wildman–Crippen LogP) is 1.57. The number of carbonyl (C=O) groups excluding carboxylic acids is 1. The zero-order valence-corrected chi connectivity index (χ0v) is 15.4. The van der Waals surface area contributed by atoms with Gasteiger partial charge >= 0.3 is 6.03 Å². The van der Waals surface area contributed by atoms with Gasteiger partial charge in [0.15, 0.2) is 5.65 Å². The van der Waals surface area contributed by atoms with E-state index in [2.05, 4.69) is 32.5 Å². The lowest BCUT2D eigenvalue weighted by molar-refractivity contribution is 0.249. The van der Waals surface area contributed by atoms with Crippen molar-refractivity contribution in [3.8, 4) is 0 Å². The normalized spacial score (nSPS) is 17.8. The van der Waals surface area contributed by atoms with Crippen molar-refractivity contribution in [2.75, 3.05) is 50.5 Å². The van der Waals surface area contributed by atoms with Crippen LogP contribution in [0, 0.1) is 12.8 Å². The number of nitrogens with zero attached hydrogens (tertiary/aromatic N) is 5. The highest BCUT2D eigenvalue weighted by Gasteiger charge is 2.18. The van der Waals surface area contributed by atoms with E-state index in [1.807, 2.05) is 38.1 Å². The highest BCUT2D eigenvalue weighted by molar-refractivity contribution is 5.89. The van der Waals surface area contributed by atoms with E-state index in [1.54, 1.807) is 4.52 Å². The minimum atomic E-state index is -0.231. The summed E-state index contributed by atoms with van der Waals surface area (Å²) in [4.78, 5) is 20.9. The van der Waals surface area contributed by atoms with Crippen LogP contribution in [0.25, 0.3) is 5.65 Å². The van der Waals surface area contributed by atoms with Crippen LogP contribution in [-0.4, -0.2) is 65.8 Å². The van der Waals surface area contributed by atoms with E-state index in [-0.39, 0.29) is 6.03 Å². The smallest absolute Gasteiger partial charge is 0.320 e. The zero-order valence-electron chi connectivity index (χ0n) is 15.4. The quantitative estimate of drug-likeness (QED) is 0.860. The fourth-order valence-electron chi connectivity index (χ4n) is 3.17. The summed E-state index contributed by atoms with van der Waals surface area (Å²) in [6.07, 6.45) is 1.24. The molecular weight excluding hydrogens is 318 g/mol. The number of rotatable bonds is 5. The van der Waals surface area contributed by atoms with E-state index in [1.165, 1.54) is 6.42 Å². The molecule has 8 heteroatoms. The molecule has 2 aromatic heterocycles. The highest BCUT2D eigenvalue weighted by atomic mass is 16.2. The monoisotopic (exact) mass is 345 g/mol. The van der Waals surface area contributed by atoms with Crippen molar-refractivity contribution in [3.05, 3.63) is 17.8 Å². The summed E-state index contributed by atoms with van der Waals surface area (Å²) in [5, 5.41) is 10.2. The first-order valence-corrected chi connectivity index (χ1v) is 8.74. The number of amides is 2. The third-order valence-corrected chi connectivity index (χ3v) is 4.45. The Morgan fingerprint density at radius 1 is 1.40 bits per heavy atom. The van der Waals surface area contributed by atoms with Gasteiger partial charge in [-0.15, -0.1) is 0 Å². The van der Waals surface area contributed by atoms with Crippen molar-refractivity contribution in [1.29, 1.82) is 0 Å². The van der Waals surface area contributed by atoms with Crippen molar-refractivity contribution in [3.63, 3.8) is 0 Å². The first kappa shape index (κ1) is 17.5. The molecule has 0 aliphatic carbocycles. The Labute approximate surface area is 148 Å². The van der Waals surface area contributed by atoms with Gasteiger partial charge in [-0.25, -0.2) is 9.78 Å². The topological polar surface area (TPSA) is 77.8 Å². The van der Waals surface area contributed by atoms with Crippen molar-refractivity contribution in [2.24, 2.45) is 5.92 Å². The van der Waals surface area contributed by atoms with Crippen LogP contribution in [0.15, 0.2) is 12.1 Å². The third kappa shape index (κ3) is 4.19. The number of hydrogen-bond acceptors (Lipinski definition) is 5. The van der Waals surface area contributed by atoms with Crippen LogP contribution in [0.3, 0.4) is 0 Å². The molecule has 8 nitrogen and oxygen atoms in total. The van der Waals surface area contributed by atoms with Gasteiger partial charge in [-0.05, 0) is 25.8 Å². The van der Waals surface area contributed by atoms with Gasteiger partial charge in [0.2, 0.25) is 0 Å². The minimum absolute atomic E-state index is 0.231. The third-order valence-electron chi connectivity index (χ3n) is 4.45. The van der Waals surface area contributed by atoms with Gasteiger partial charge in [0.1, 0.15) is 11.6 Å². The van der Waals surface area contributed by atoms with Crippen LogP contribution in [0.4, 0.5) is 16.4 Å². The van der Waals surface area contributed by atoms with Crippen molar-refractivity contribution in [1.82, 2.24) is 24.8 Å². The summed E-state index contributed by atoms with van der Waals surface area (Å²) in [6.45, 7) is 7.95. The number of nitrogens with one attached hydrogen (secondary N) is 2. The van der Waals surface area contributed by atoms with E-state index in [0.29, 0.717) is 18.0 Å². The lowest BCUT2D eigenvalue weighted by Crippen LogP contribution is -2.36. The molecule has 0 saturated carbocycles. The van der Waals surface area contributed by atoms with E-state index in [4.69, 9.17) is 0 Å². The van der Waals surface area contributed by atoms with Gasteiger partial charge in [-0.1, -0.05) is 6.92 Å². The first-order valence-electron chi connectivity index (χ1n) is 8.74. The summed E-state index contributed by atoms with van der Waals surface area (Å²) < 4.78 is 1.77. The predicted molar refractivity (Wildman–Crippen MR) is 99.3 cm³/mol. The van der Waals surface area contributed by atoms with E-state index < -0.39 is 0 Å². The largest absolute Gasteiger partial charge is 0.363 e. The molecule has 0 spiro atoms. The number of hydrogen-bond donors (Lipinski definition) is 2. The molecule has 3 heterocycles. The second-order valence-electron chi connectivity index (χ2n) is 7.03. The molecule has 2 aromatic rings. The molecule has 1 aliphatic heterocycles. The SMILES string of the molecule is Cc1cc2nc(NC(=O)NCCN3CCC(C)C3)cc(N(C)C)n2n1. The molecule has 0 bridgehead atoms. The lowest BCUT2D eigenvalue weighted by Gasteiger charge is -2.17. The Bertz CT molecular complexity index is 755. The molecule has 2 amide bonds. The number of anilines is 2. The molecule has 1 aliphatic rings. The molecule has 1 saturated heterocycles.